The Morgan fingerprint density at radius 1 is 1.00 bits per heavy atom. The van der Waals surface area contributed by atoms with E-state index in [1.807, 2.05) is 0 Å². The fourth-order valence-electron chi connectivity index (χ4n) is 2.76. The lowest BCUT2D eigenvalue weighted by Gasteiger charge is -2.33. The van der Waals surface area contributed by atoms with Crippen molar-refractivity contribution >= 4 is 21.7 Å². The molecule has 0 bridgehead atoms. The molecule has 8 nitrogen and oxygen atoms in total. The molecule has 1 aromatic carbocycles. The lowest BCUT2D eigenvalue weighted by molar-refractivity contribution is 0.0691. The molecule has 3 rings (SSSR count). The van der Waals surface area contributed by atoms with Gasteiger partial charge in [-0.3, -0.25) is 4.79 Å². The van der Waals surface area contributed by atoms with Gasteiger partial charge in [0.05, 0.1) is 4.90 Å². The fraction of sp³-hybridized carbons (Fsp3) is 0.353. The summed E-state index contributed by atoms with van der Waals surface area (Å²) in [6.45, 7) is 0.379. The van der Waals surface area contributed by atoms with E-state index in [0.717, 1.165) is 16.4 Å². The molecule has 0 spiro atoms. The van der Waals surface area contributed by atoms with Crippen molar-refractivity contribution in [2.24, 2.45) is 0 Å². The molecule has 0 aliphatic carbocycles. The van der Waals surface area contributed by atoms with E-state index in [9.17, 15) is 22.0 Å². The number of amides is 1. The highest BCUT2D eigenvalue weighted by Crippen LogP contribution is 2.20. The zero-order valence-electron chi connectivity index (χ0n) is 15.3. The molecular weight excluding hydrogens is 392 g/mol. The molecule has 0 saturated carbocycles. The highest BCUT2D eigenvalue weighted by molar-refractivity contribution is 7.89. The van der Waals surface area contributed by atoms with Gasteiger partial charge < -0.3 is 9.80 Å². The first-order valence-electron chi connectivity index (χ1n) is 8.45. The summed E-state index contributed by atoms with van der Waals surface area (Å²) in [5, 5.41) is 7.88. The number of anilines is 1. The molecule has 2 aromatic rings. The highest BCUT2D eigenvalue weighted by atomic mass is 32.2. The number of benzene rings is 1. The van der Waals surface area contributed by atoms with Gasteiger partial charge in [-0.15, -0.1) is 10.2 Å². The summed E-state index contributed by atoms with van der Waals surface area (Å²) in [5.74, 6) is -2.08. The van der Waals surface area contributed by atoms with Crippen LogP contribution < -0.4 is 4.90 Å². The van der Waals surface area contributed by atoms with E-state index in [2.05, 4.69) is 10.2 Å². The third-order valence-corrected chi connectivity index (χ3v) is 6.28. The highest BCUT2D eigenvalue weighted by Gasteiger charge is 2.31. The Hall–Kier alpha value is -2.66. The Labute approximate surface area is 161 Å². The number of hydrogen-bond donors (Lipinski definition) is 0. The minimum Gasteiger partial charge on any atom is -0.361 e. The van der Waals surface area contributed by atoms with Crippen molar-refractivity contribution in [3.63, 3.8) is 0 Å². The SMILES string of the molecule is CN(C)c1ccc(C(=O)N2CCN(S(=O)(=O)c3ccc(F)c(F)c3)CC2)nn1. The van der Waals surface area contributed by atoms with E-state index >= 15 is 0 Å². The monoisotopic (exact) mass is 411 g/mol. The van der Waals surface area contributed by atoms with Crippen LogP contribution in [0.2, 0.25) is 0 Å². The fourth-order valence-corrected chi connectivity index (χ4v) is 4.19. The van der Waals surface area contributed by atoms with E-state index in [4.69, 9.17) is 0 Å². The van der Waals surface area contributed by atoms with Gasteiger partial charge in [-0.1, -0.05) is 0 Å². The maximum Gasteiger partial charge on any atom is 0.274 e. The van der Waals surface area contributed by atoms with Crippen LogP contribution in [-0.4, -0.2) is 74.0 Å². The molecule has 150 valence electrons. The molecule has 11 heteroatoms. The smallest absolute Gasteiger partial charge is 0.274 e. The van der Waals surface area contributed by atoms with Crippen molar-refractivity contribution in [1.29, 1.82) is 0 Å². The summed E-state index contributed by atoms with van der Waals surface area (Å²) >= 11 is 0. The zero-order valence-corrected chi connectivity index (χ0v) is 16.2. The molecular formula is C17H19F2N5O3S. The summed E-state index contributed by atoms with van der Waals surface area (Å²) < 4.78 is 52.8. The maximum atomic E-state index is 13.4. The minimum absolute atomic E-state index is 0.0380. The van der Waals surface area contributed by atoms with Gasteiger partial charge in [0.1, 0.15) is 0 Å². The quantitative estimate of drug-likeness (QED) is 0.745. The van der Waals surface area contributed by atoms with Crippen LogP contribution in [0.3, 0.4) is 0 Å². The normalized spacial score (nSPS) is 15.5. The molecule has 1 saturated heterocycles. The van der Waals surface area contributed by atoms with Crippen LogP contribution in [0.25, 0.3) is 0 Å². The number of piperazine rings is 1. The van der Waals surface area contributed by atoms with Crippen LogP contribution in [0.15, 0.2) is 35.2 Å². The standard InChI is InChI=1S/C17H19F2N5O3S/c1-22(2)16-6-5-15(20-21-16)17(25)23-7-9-24(10-8-23)28(26,27)12-3-4-13(18)14(19)11-12/h3-6,11H,7-10H2,1-2H3. The lowest BCUT2D eigenvalue weighted by Crippen LogP contribution is -2.50. The van der Waals surface area contributed by atoms with Crippen molar-refractivity contribution in [2.75, 3.05) is 45.2 Å². The topological polar surface area (TPSA) is 86.7 Å². The summed E-state index contributed by atoms with van der Waals surface area (Å²) in [7, 11) is -0.368. The molecule has 1 aliphatic rings. The number of carbonyl (C=O) groups excluding carboxylic acids is 1. The Morgan fingerprint density at radius 3 is 2.21 bits per heavy atom. The first-order chi connectivity index (χ1) is 13.2. The summed E-state index contributed by atoms with van der Waals surface area (Å²) in [5.41, 5.74) is 0.169. The summed E-state index contributed by atoms with van der Waals surface area (Å²) in [6.07, 6.45) is 0. The Bertz CT molecular complexity index is 975. The van der Waals surface area contributed by atoms with Gasteiger partial charge >= 0.3 is 0 Å². The van der Waals surface area contributed by atoms with Gasteiger partial charge in [0.2, 0.25) is 10.0 Å². The molecule has 0 unspecified atom stereocenters. The third kappa shape index (κ3) is 3.94. The second-order valence-electron chi connectivity index (χ2n) is 6.44. The molecule has 0 radical (unpaired) electrons. The van der Waals surface area contributed by atoms with E-state index in [1.54, 1.807) is 31.1 Å². The molecule has 1 aliphatic heterocycles. The predicted octanol–water partition coefficient (Wildman–Crippen LogP) is 0.968. The predicted molar refractivity (Wildman–Crippen MR) is 97.4 cm³/mol. The van der Waals surface area contributed by atoms with Crippen molar-refractivity contribution < 1.29 is 22.0 Å². The van der Waals surface area contributed by atoms with Crippen LogP contribution in [-0.2, 0) is 10.0 Å². The van der Waals surface area contributed by atoms with Gasteiger partial charge in [-0.2, -0.15) is 4.31 Å². The number of halogens is 2. The second-order valence-corrected chi connectivity index (χ2v) is 8.38. The van der Waals surface area contributed by atoms with Gasteiger partial charge in [-0.25, -0.2) is 17.2 Å². The molecule has 1 aromatic heterocycles. The Kier molecular flexibility index (Phi) is 5.57. The lowest BCUT2D eigenvalue weighted by atomic mass is 10.3. The van der Waals surface area contributed by atoms with Crippen LogP contribution in [0.5, 0.6) is 0 Å². The third-order valence-electron chi connectivity index (χ3n) is 4.38. The van der Waals surface area contributed by atoms with E-state index in [-0.39, 0.29) is 42.7 Å². The average Bonchev–Trinajstić information content (AvgIpc) is 2.69. The minimum atomic E-state index is -3.97. The number of sulfonamides is 1. The van der Waals surface area contributed by atoms with Crippen molar-refractivity contribution in [2.45, 2.75) is 4.90 Å². The van der Waals surface area contributed by atoms with Crippen molar-refractivity contribution in [3.8, 4) is 0 Å². The number of hydrogen-bond acceptors (Lipinski definition) is 6. The first-order valence-corrected chi connectivity index (χ1v) is 9.89. The largest absolute Gasteiger partial charge is 0.361 e. The van der Waals surface area contributed by atoms with Gasteiger partial charge in [0.25, 0.3) is 5.91 Å². The van der Waals surface area contributed by atoms with Crippen molar-refractivity contribution in [1.82, 2.24) is 19.4 Å². The van der Waals surface area contributed by atoms with Crippen molar-refractivity contribution in [3.05, 3.63) is 47.7 Å². The molecule has 0 atom stereocenters. The zero-order chi connectivity index (χ0) is 20.5. The van der Waals surface area contributed by atoms with Crippen LogP contribution in [0.1, 0.15) is 10.5 Å². The molecule has 0 N–H and O–H groups in total. The van der Waals surface area contributed by atoms with Gasteiger partial charge in [-0.05, 0) is 30.3 Å². The summed E-state index contributed by atoms with van der Waals surface area (Å²) in [6, 6.07) is 5.69. The van der Waals surface area contributed by atoms with E-state index in [1.165, 1.54) is 4.90 Å². The van der Waals surface area contributed by atoms with Gasteiger partial charge in [0.15, 0.2) is 23.1 Å². The van der Waals surface area contributed by atoms with Gasteiger partial charge in [0, 0.05) is 40.3 Å². The van der Waals surface area contributed by atoms with Crippen LogP contribution in [0.4, 0.5) is 14.6 Å². The van der Waals surface area contributed by atoms with E-state index < -0.39 is 21.7 Å². The summed E-state index contributed by atoms with van der Waals surface area (Å²) in [4.78, 5) is 15.5. The molecule has 1 amide bonds. The second kappa shape index (κ2) is 7.76. The molecule has 1 fully saturated rings. The Morgan fingerprint density at radius 2 is 1.68 bits per heavy atom. The average molecular weight is 411 g/mol. The molecule has 28 heavy (non-hydrogen) atoms. The first kappa shape index (κ1) is 20.1. The number of rotatable bonds is 4. The van der Waals surface area contributed by atoms with Crippen LogP contribution in [0, 0.1) is 11.6 Å². The molecule has 2 heterocycles. The Balaban J connectivity index is 1.68. The number of aromatic nitrogens is 2. The number of carbonyl (C=O) groups is 1. The maximum absolute atomic E-state index is 13.4. The number of nitrogens with zero attached hydrogens (tertiary/aromatic N) is 5. The van der Waals surface area contributed by atoms with Crippen LogP contribution >= 0.6 is 0 Å². The van der Waals surface area contributed by atoms with E-state index in [0.29, 0.717) is 11.9 Å².